The Balaban J connectivity index is 2.14. The van der Waals surface area contributed by atoms with E-state index in [0.717, 1.165) is 12.1 Å². The zero-order valence-electron chi connectivity index (χ0n) is 15.5. The van der Waals surface area contributed by atoms with E-state index < -0.39 is 11.6 Å². The Bertz CT molecular complexity index is 1060. The van der Waals surface area contributed by atoms with Crippen molar-refractivity contribution < 1.29 is 13.5 Å². The Labute approximate surface area is 155 Å². The van der Waals surface area contributed by atoms with Gasteiger partial charge in [0.15, 0.2) is 17.3 Å². The molecule has 7 heteroatoms. The van der Waals surface area contributed by atoms with E-state index in [4.69, 9.17) is 4.74 Å². The monoisotopic (exact) mass is 371 g/mol. The smallest absolute Gasteiger partial charge is 0.253 e. The molecule has 3 rings (SSSR count). The van der Waals surface area contributed by atoms with Gasteiger partial charge in [-0.25, -0.2) is 18.7 Å². The molecule has 0 N–H and O–H groups in total. The van der Waals surface area contributed by atoms with Crippen LogP contribution < -0.4 is 10.3 Å². The first-order chi connectivity index (χ1) is 12.8. The molecule has 0 unspecified atom stereocenters. The molecule has 140 valence electrons. The second-order valence-electron chi connectivity index (χ2n) is 6.52. The summed E-state index contributed by atoms with van der Waals surface area (Å²) in [6.45, 7) is 7.25. The maximum atomic E-state index is 14.0. The average Bonchev–Trinajstić information content (AvgIpc) is 2.60. The van der Waals surface area contributed by atoms with Crippen molar-refractivity contribution in [1.29, 1.82) is 0 Å². The van der Waals surface area contributed by atoms with Gasteiger partial charge in [0.05, 0.1) is 6.20 Å². The quantitative estimate of drug-likeness (QED) is 0.674. The van der Waals surface area contributed by atoms with Crippen LogP contribution in [0.4, 0.5) is 8.78 Å². The summed E-state index contributed by atoms with van der Waals surface area (Å²) >= 11 is 0. The van der Waals surface area contributed by atoms with E-state index in [0.29, 0.717) is 22.6 Å². The number of rotatable bonds is 4. The second kappa shape index (κ2) is 7.26. The lowest BCUT2D eigenvalue weighted by atomic mass is 10.1. The van der Waals surface area contributed by atoms with Crippen LogP contribution in [0.25, 0.3) is 11.3 Å². The summed E-state index contributed by atoms with van der Waals surface area (Å²) in [6.07, 6.45) is 3.12. The SMILES string of the molecule is Cc1ncc(Oc2ccc(F)cc2F)c(-c2cc(C)c(=O)n(C(C)C)c2)n1. The van der Waals surface area contributed by atoms with Crippen LogP contribution in [0.3, 0.4) is 0 Å². The molecule has 27 heavy (non-hydrogen) atoms. The summed E-state index contributed by atoms with van der Waals surface area (Å²) in [5.74, 6) is -0.958. The van der Waals surface area contributed by atoms with E-state index in [-0.39, 0.29) is 23.1 Å². The Morgan fingerprint density at radius 2 is 1.85 bits per heavy atom. The minimum Gasteiger partial charge on any atom is -0.450 e. The van der Waals surface area contributed by atoms with Crippen LogP contribution in [0.1, 0.15) is 31.3 Å². The number of hydrogen-bond donors (Lipinski definition) is 0. The summed E-state index contributed by atoms with van der Waals surface area (Å²) in [5.41, 5.74) is 1.52. The predicted octanol–water partition coefficient (Wildman–Crippen LogP) is 4.57. The maximum Gasteiger partial charge on any atom is 0.253 e. The number of hydrogen-bond acceptors (Lipinski definition) is 4. The molecule has 0 saturated heterocycles. The topological polar surface area (TPSA) is 57.0 Å². The van der Waals surface area contributed by atoms with Crippen LogP contribution in [0, 0.1) is 25.5 Å². The highest BCUT2D eigenvalue weighted by molar-refractivity contribution is 5.66. The summed E-state index contributed by atoms with van der Waals surface area (Å²) in [7, 11) is 0. The Morgan fingerprint density at radius 1 is 1.11 bits per heavy atom. The molecule has 0 radical (unpaired) electrons. The van der Waals surface area contributed by atoms with Crippen molar-refractivity contribution in [2.75, 3.05) is 0 Å². The maximum absolute atomic E-state index is 14.0. The number of benzene rings is 1. The third-order valence-corrected chi connectivity index (χ3v) is 4.04. The normalized spacial score (nSPS) is 11.1. The molecule has 0 saturated carbocycles. The molecule has 0 atom stereocenters. The van der Waals surface area contributed by atoms with Crippen LogP contribution in [-0.2, 0) is 0 Å². The van der Waals surface area contributed by atoms with E-state index in [9.17, 15) is 13.6 Å². The fourth-order valence-electron chi connectivity index (χ4n) is 2.67. The van der Waals surface area contributed by atoms with Gasteiger partial charge in [-0.15, -0.1) is 0 Å². The third-order valence-electron chi connectivity index (χ3n) is 4.04. The molecule has 5 nitrogen and oxygen atoms in total. The molecule has 0 fully saturated rings. The van der Waals surface area contributed by atoms with E-state index in [2.05, 4.69) is 9.97 Å². The summed E-state index contributed by atoms with van der Waals surface area (Å²) in [4.78, 5) is 20.8. The van der Waals surface area contributed by atoms with Gasteiger partial charge in [0.25, 0.3) is 5.56 Å². The van der Waals surface area contributed by atoms with Crippen molar-refractivity contribution >= 4 is 0 Å². The molecule has 3 aromatic rings. The van der Waals surface area contributed by atoms with Crippen LogP contribution >= 0.6 is 0 Å². The van der Waals surface area contributed by atoms with Crippen LogP contribution in [0.2, 0.25) is 0 Å². The molecule has 2 aromatic heterocycles. The number of aryl methyl sites for hydroxylation is 2. The summed E-state index contributed by atoms with van der Waals surface area (Å²) < 4.78 is 34.3. The van der Waals surface area contributed by atoms with Gasteiger partial charge in [-0.3, -0.25) is 4.79 Å². The molecule has 1 aromatic carbocycles. The average molecular weight is 371 g/mol. The molecule has 0 bridgehead atoms. The Kier molecular flexibility index (Phi) is 5.03. The molecule has 0 spiro atoms. The lowest BCUT2D eigenvalue weighted by Crippen LogP contribution is -2.23. The molecular formula is C20H19F2N3O2. The first kappa shape index (κ1) is 18.7. The van der Waals surface area contributed by atoms with Crippen molar-refractivity contribution in [3.63, 3.8) is 0 Å². The number of aromatic nitrogens is 3. The van der Waals surface area contributed by atoms with Gasteiger partial charge in [0.1, 0.15) is 17.3 Å². The number of halogens is 2. The summed E-state index contributed by atoms with van der Waals surface area (Å²) in [6, 6.07) is 4.72. The first-order valence-electron chi connectivity index (χ1n) is 8.46. The van der Waals surface area contributed by atoms with Gasteiger partial charge in [-0.1, -0.05) is 0 Å². The molecule has 0 amide bonds. The highest BCUT2D eigenvalue weighted by atomic mass is 19.1. The fourth-order valence-corrected chi connectivity index (χ4v) is 2.67. The van der Waals surface area contributed by atoms with Gasteiger partial charge in [-0.05, 0) is 45.9 Å². The van der Waals surface area contributed by atoms with Crippen LogP contribution in [0.15, 0.2) is 41.5 Å². The number of pyridine rings is 1. The minimum absolute atomic E-state index is 0.0435. The highest BCUT2D eigenvalue weighted by Gasteiger charge is 2.16. The molecular weight excluding hydrogens is 352 g/mol. The van der Waals surface area contributed by atoms with Crippen LogP contribution in [0.5, 0.6) is 11.5 Å². The van der Waals surface area contributed by atoms with E-state index in [1.807, 2.05) is 13.8 Å². The lowest BCUT2D eigenvalue weighted by Gasteiger charge is -2.15. The third kappa shape index (κ3) is 3.86. The van der Waals surface area contributed by atoms with Gasteiger partial charge in [-0.2, -0.15) is 0 Å². The van der Waals surface area contributed by atoms with Gasteiger partial charge in [0, 0.05) is 29.4 Å². The second-order valence-corrected chi connectivity index (χ2v) is 6.52. The molecule has 2 heterocycles. The lowest BCUT2D eigenvalue weighted by molar-refractivity contribution is 0.435. The van der Waals surface area contributed by atoms with Crippen molar-refractivity contribution in [3.8, 4) is 22.8 Å². The van der Waals surface area contributed by atoms with E-state index in [1.54, 1.807) is 30.7 Å². The zero-order chi connectivity index (χ0) is 19.7. The molecule has 0 aliphatic heterocycles. The highest BCUT2D eigenvalue weighted by Crippen LogP contribution is 2.32. The van der Waals surface area contributed by atoms with Crippen LogP contribution in [-0.4, -0.2) is 14.5 Å². The minimum atomic E-state index is -0.829. The van der Waals surface area contributed by atoms with Crippen molar-refractivity contribution in [1.82, 2.24) is 14.5 Å². The summed E-state index contributed by atoms with van der Waals surface area (Å²) in [5, 5.41) is 0. The standard InChI is InChI=1S/C20H19F2N3O2/c1-11(2)25-10-14(7-12(3)20(25)26)19-18(9-23-13(4)24-19)27-17-6-5-15(21)8-16(17)22/h5-11H,1-4H3. The van der Waals surface area contributed by atoms with Crippen molar-refractivity contribution in [2.45, 2.75) is 33.7 Å². The Morgan fingerprint density at radius 3 is 2.52 bits per heavy atom. The van der Waals surface area contributed by atoms with E-state index >= 15 is 0 Å². The van der Waals surface area contributed by atoms with E-state index in [1.165, 1.54) is 12.3 Å². The fraction of sp³-hybridized carbons (Fsp3) is 0.250. The number of nitrogens with zero attached hydrogens (tertiary/aromatic N) is 3. The zero-order valence-corrected chi connectivity index (χ0v) is 15.5. The van der Waals surface area contributed by atoms with Gasteiger partial charge < -0.3 is 9.30 Å². The van der Waals surface area contributed by atoms with Crippen molar-refractivity contribution in [2.24, 2.45) is 0 Å². The largest absolute Gasteiger partial charge is 0.450 e. The van der Waals surface area contributed by atoms with Gasteiger partial charge >= 0.3 is 0 Å². The molecule has 0 aliphatic carbocycles. The predicted molar refractivity (Wildman–Crippen MR) is 98.0 cm³/mol. The Hall–Kier alpha value is -3.09. The first-order valence-corrected chi connectivity index (χ1v) is 8.46. The number of ether oxygens (including phenoxy) is 1. The molecule has 0 aliphatic rings. The van der Waals surface area contributed by atoms with Gasteiger partial charge in [0.2, 0.25) is 0 Å². The van der Waals surface area contributed by atoms with Crippen molar-refractivity contribution in [3.05, 3.63) is 70.0 Å².